The van der Waals surface area contributed by atoms with E-state index in [1.165, 1.54) is 15.6 Å². The van der Waals surface area contributed by atoms with Gasteiger partial charge in [-0.15, -0.1) is 11.3 Å². The largest absolute Gasteiger partial charge is 0.292 e. The number of rotatable bonds is 6. The maximum absolute atomic E-state index is 11.2. The topological polar surface area (TPSA) is 41.1 Å². The van der Waals surface area contributed by atoms with Crippen molar-refractivity contribution < 1.29 is 4.79 Å². The lowest BCUT2D eigenvalue weighted by atomic mass is 10.1. The molecule has 0 saturated heterocycles. The van der Waals surface area contributed by atoms with Crippen molar-refractivity contribution in [2.24, 2.45) is 0 Å². The normalized spacial score (nSPS) is 10.7. The zero-order valence-corrected chi connectivity index (χ0v) is 11.3. The molecule has 1 heterocycles. The third kappa shape index (κ3) is 3.31. The van der Waals surface area contributed by atoms with Crippen LogP contribution in [0.3, 0.4) is 0 Å². The van der Waals surface area contributed by atoms with Crippen LogP contribution in [0, 0.1) is 0 Å². The molecule has 2 aromatic rings. The van der Waals surface area contributed by atoms with Crippen LogP contribution in [0.4, 0.5) is 0 Å². The molecule has 0 aliphatic rings. The van der Waals surface area contributed by atoms with Gasteiger partial charge in [-0.1, -0.05) is 18.2 Å². The Morgan fingerprint density at radius 2 is 2.11 bits per heavy atom. The summed E-state index contributed by atoms with van der Waals surface area (Å²) in [6.45, 7) is 0. The van der Waals surface area contributed by atoms with E-state index in [1.54, 1.807) is 18.4 Å². The number of fused-ring (bicyclic) bond motifs is 1. The maximum Gasteiger partial charge on any atom is 0.234 e. The lowest BCUT2D eigenvalue weighted by Gasteiger charge is -2.02. The van der Waals surface area contributed by atoms with E-state index in [0.29, 0.717) is 6.42 Å². The molecule has 0 bridgehead atoms. The van der Waals surface area contributed by atoms with E-state index < -0.39 is 0 Å². The zero-order chi connectivity index (χ0) is 12.8. The van der Waals surface area contributed by atoms with Gasteiger partial charge in [-0.2, -0.15) is 0 Å². The molecule has 0 atom stereocenters. The van der Waals surface area contributed by atoms with Gasteiger partial charge in [0.05, 0.1) is 0 Å². The second kappa shape index (κ2) is 6.52. The van der Waals surface area contributed by atoms with Gasteiger partial charge >= 0.3 is 0 Å². The first kappa shape index (κ1) is 13.1. The van der Waals surface area contributed by atoms with Crippen LogP contribution < -0.4 is 10.9 Å². The minimum absolute atomic E-state index is 0.0627. The van der Waals surface area contributed by atoms with Crippen LogP contribution in [-0.2, 0) is 11.2 Å². The third-order valence-electron chi connectivity index (χ3n) is 2.93. The van der Waals surface area contributed by atoms with E-state index in [1.807, 2.05) is 0 Å². The van der Waals surface area contributed by atoms with Crippen molar-refractivity contribution in [3.05, 3.63) is 35.2 Å². The first-order valence-corrected chi connectivity index (χ1v) is 7.10. The van der Waals surface area contributed by atoms with Crippen molar-refractivity contribution in [1.29, 1.82) is 0 Å². The maximum atomic E-state index is 11.2. The number of nitrogens with one attached hydrogen (secondary N) is 2. The zero-order valence-electron chi connectivity index (χ0n) is 10.5. The van der Waals surface area contributed by atoms with Crippen LogP contribution in [0.15, 0.2) is 29.6 Å². The van der Waals surface area contributed by atoms with Crippen LogP contribution in [0.5, 0.6) is 0 Å². The first-order chi connectivity index (χ1) is 8.81. The summed E-state index contributed by atoms with van der Waals surface area (Å²) in [5.74, 6) is 0.0627. The monoisotopic (exact) mass is 262 g/mol. The fourth-order valence-electron chi connectivity index (χ4n) is 2.03. The SMILES string of the molecule is CNNC(=O)CCCCc1csc2ccccc12. The number of carbonyl (C=O) groups excluding carboxylic acids is 1. The Bertz CT molecular complexity index is 521. The fraction of sp³-hybridized carbons (Fsp3) is 0.357. The molecule has 1 aromatic heterocycles. The molecule has 1 aromatic carbocycles. The van der Waals surface area contributed by atoms with Crippen molar-refractivity contribution in [3.63, 3.8) is 0 Å². The highest BCUT2D eigenvalue weighted by molar-refractivity contribution is 7.17. The molecular formula is C14H18N2OS. The van der Waals surface area contributed by atoms with Crippen molar-refractivity contribution >= 4 is 27.3 Å². The van der Waals surface area contributed by atoms with E-state index >= 15 is 0 Å². The van der Waals surface area contributed by atoms with E-state index in [-0.39, 0.29) is 5.91 Å². The lowest BCUT2D eigenvalue weighted by Crippen LogP contribution is -2.33. The number of amides is 1. The smallest absolute Gasteiger partial charge is 0.234 e. The minimum Gasteiger partial charge on any atom is -0.292 e. The van der Waals surface area contributed by atoms with Gasteiger partial charge in [0.1, 0.15) is 0 Å². The number of benzene rings is 1. The highest BCUT2D eigenvalue weighted by Gasteiger charge is 2.04. The summed E-state index contributed by atoms with van der Waals surface area (Å²) < 4.78 is 1.35. The second-order valence-electron chi connectivity index (χ2n) is 4.26. The number of aryl methyl sites for hydroxylation is 1. The van der Waals surface area contributed by atoms with Crippen molar-refractivity contribution in [1.82, 2.24) is 10.9 Å². The van der Waals surface area contributed by atoms with Gasteiger partial charge in [-0.25, -0.2) is 5.43 Å². The van der Waals surface area contributed by atoms with Crippen LogP contribution in [0.25, 0.3) is 10.1 Å². The molecule has 0 fully saturated rings. The summed E-state index contributed by atoms with van der Waals surface area (Å²) in [5, 5.41) is 3.60. The Hall–Kier alpha value is -1.39. The molecule has 2 N–H and O–H groups in total. The number of hydrogen-bond donors (Lipinski definition) is 2. The minimum atomic E-state index is 0.0627. The molecule has 96 valence electrons. The molecule has 0 unspecified atom stereocenters. The summed E-state index contributed by atoms with van der Waals surface area (Å²) in [6, 6.07) is 8.49. The summed E-state index contributed by atoms with van der Waals surface area (Å²) in [7, 11) is 1.70. The highest BCUT2D eigenvalue weighted by atomic mass is 32.1. The molecule has 3 nitrogen and oxygen atoms in total. The molecule has 1 amide bonds. The molecule has 0 radical (unpaired) electrons. The molecule has 18 heavy (non-hydrogen) atoms. The predicted molar refractivity (Wildman–Crippen MR) is 76.6 cm³/mol. The quantitative estimate of drug-likeness (QED) is 0.621. The molecule has 4 heteroatoms. The number of hydrazine groups is 1. The Morgan fingerprint density at radius 1 is 1.28 bits per heavy atom. The van der Waals surface area contributed by atoms with Gasteiger partial charge in [0.25, 0.3) is 0 Å². The van der Waals surface area contributed by atoms with Gasteiger partial charge in [0.2, 0.25) is 5.91 Å². The molecule has 2 rings (SSSR count). The summed E-state index contributed by atoms with van der Waals surface area (Å²) in [5.41, 5.74) is 6.64. The number of thiophene rings is 1. The standard InChI is InChI=1S/C14H18N2OS/c1-15-16-14(17)9-5-2-6-11-10-18-13-8-4-3-7-12(11)13/h3-4,7-8,10,15H,2,5-6,9H2,1H3,(H,16,17). The van der Waals surface area contributed by atoms with Crippen LogP contribution in [-0.4, -0.2) is 13.0 Å². The average Bonchev–Trinajstić information content (AvgIpc) is 2.78. The lowest BCUT2D eigenvalue weighted by molar-refractivity contribution is -0.122. The van der Waals surface area contributed by atoms with E-state index in [0.717, 1.165) is 19.3 Å². The van der Waals surface area contributed by atoms with Gasteiger partial charge in [-0.05, 0) is 41.7 Å². The van der Waals surface area contributed by atoms with Crippen LogP contribution >= 0.6 is 11.3 Å². The van der Waals surface area contributed by atoms with Crippen LogP contribution in [0.2, 0.25) is 0 Å². The Morgan fingerprint density at radius 3 is 2.94 bits per heavy atom. The van der Waals surface area contributed by atoms with Gasteiger partial charge < -0.3 is 0 Å². The summed E-state index contributed by atoms with van der Waals surface area (Å²) in [4.78, 5) is 11.2. The second-order valence-corrected chi connectivity index (χ2v) is 5.17. The van der Waals surface area contributed by atoms with Gasteiger partial charge in [0, 0.05) is 18.2 Å². The van der Waals surface area contributed by atoms with Gasteiger partial charge in [0.15, 0.2) is 0 Å². The van der Waals surface area contributed by atoms with E-state index in [4.69, 9.17) is 0 Å². The predicted octanol–water partition coefficient (Wildman–Crippen LogP) is 2.86. The summed E-state index contributed by atoms with van der Waals surface area (Å²) in [6.07, 6.45) is 3.62. The van der Waals surface area contributed by atoms with Gasteiger partial charge in [-0.3, -0.25) is 10.2 Å². The van der Waals surface area contributed by atoms with Crippen molar-refractivity contribution in [3.8, 4) is 0 Å². The molecule has 0 aliphatic carbocycles. The molecule has 0 aliphatic heterocycles. The highest BCUT2D eigenvalue weighted by Crippen LogP contribution is 2.26. The number of hydrogen-bond acceptors (Lipinski definition) is 3. The Kier molecular flexibility index (Phi) is 4.73. The first-order valence-electron chi connectivity index (χ1n) is 6.22. The van der Waals surface area contributed by atoms with Crippen molar-refractivity contribution in [2.45, 2.75) is 25.7 Å². The molecule has 0 saturated carbocycles. The summed E-state index contributed by atoms with van der Waals surface area (Å²) >= 11 is 1.80. The Balaban J connectivity index is 1.82. The average molecular weight is 262 g/mol. The van der Waals surface area contributed by atoms with Crippen LogP contribution in [0.1, 0.15) is 24.8 Å². The number of unbranched alkanes of at least 4 members (excludes halogenated alkanes) is 1. The molecule has 0 spiro atoms. The van der Waals surface area contributed by atoms with Crippen molar-refractivity contribution in [2.75, 3.05) is 7.05 Å². The Labute approximate surface area is 111 Å². The number of carbonyl (C=O) groups is 1. The molecular weight excluding hydrogens is 244 g/mol. The van der Waals surface area contributed by atoms with E-state index in [2.05, 4.69) is 40.5 Å². The fourth-order valence-corrected chi connectivity index (χ4v) is 3.03. The van der Waals surface area contributed by atoms with E-state index in [9.17, 15) is 4.79 Å². The third-order valence-corrected chi connectivity index (χ3v) is 3.94.